The van der Waals surface area contributed by atoms with E-state index < -0.39 is 4.92 Å². The SMILES string of the molecule is CCNc1ccc([N+](=O)[O-])c(OC2CCCCC2C)n1. The molecule has 0 amide bonds. The molecule has 2 unspecified atom stereocenters. The predicted octanol–water partition coefficient (Wildman–Crippen LogP) is 3.38. The van der Waals surface area contributed by atoms with Crippen molar-refractivity contribution in [3.63, 3.8) is 0 Å². The number of aromatic nitrogens is 1. The lowest BCUT2D eigenvalue weighted by atomic mass is 9.88. The molecule has 20 heavy (non-hydrogen) atoms. The zero-order valence-electron chi connectivity index (χ0n) is 12.0. The van der Waals surface area contributed by atoms with Crippen LogP contribution in [0.15, 0.2) is 12.1 Å². The van der Waals surface area contributed by atoms with Crippen LogP contribution in [0.4, 0.5) is 11.5 Å². The van der Waals surface area contributed by atoms with Crippen LogP contribution in [-0.2, 0) is 0 Å². The average Bonchev–Trinajstić information content (AvgIpc) is 2.42. The highest BCUT2D eigenvalue weighted by atomic mass is 16.6. The first-order valence-electron chi connectivity index (χ1n) is 7.17. The molecule has 1 heterocycles. The van der Waals surface area contributed by atoms with Crippen LogP contribution < -0.4 is 10.1 Å². The van der Waals surface area contributed by atoms with E-state index in [4.69, 9.17) is 4.74 Å². The molecule has 0 saturated heterocycles. The molecule has 6 nitrogen and oxygen atoms in total. The molecule has 1 aliphatic rings. The van der Waals surface area contributed by atoms with Gasteiger partial charge in [-0.05, 0) is 38.2 Å². The largest absolute Gasteiger partial charge is 0.469 e. The fourth-order valence-electron chi connectivity index (χ4n) is 2.54. The minimum Gasteiger partial charge on any atom is -0.469 e. The summed E-state index contributed by atoms with van der Waals surface area (Å²) in [5.74, 6) is 1.15. The molecule has 0 spiro atoms. The van der Waals surface area contributed by atoms with Crippen LogP contribution in [0.25, 0.3) is 0 Å². The molecule has 0 aliphatic heterocycles. The quantitative estimate of drug-likeness (QED) is 0.660. The summed E-state index contributed by atoms with van der Waals surface area (Å²) in [7, 11) is 0. The lowest BCUT2D eigenvalue weighted by molar-refractivity contribution is -0.386. The molecule has 0 aromatic carbocycles. The van der Waals surface area contributed by atoms with Crippen LogP contribution in [0.5, 0.6) is 5.88 Å². The standard InChI is InChI=1S/C14H21N3O3/c1-3-15-13-9-8-11(17(18)19)14(16-13)20-12-7-5-4-6-10(12)2/h8-10,12H,3-7H2,1-2H3,(H,15,16). The second kappa shape index (κ2) is 6.54. The van der Waals surface area contributed by atoms with Gasteiger partial charge >= 0.3 is 5.69 Å². The molecule has 2 atom stereocenters. The smallest absolute Gasteiger partial charge is 0.331 e. The van der Waals surface area contributed by atoms with E-state index in [-0.39, 0.29) is 17.7 Å². The van der Waals surface area contributed by atoms with Crippen LogP contribution in [-0.4, -0.2) is 22.6 Å². The van der Waals surface area contributed by atoms with Gasteiger partial charge in [-0.1, -0.05) is 13.3 Å². The number of nitrogens with zero attached hydrogens (tertiary/aromatic N) is 2. The number of anilines is 1. The maximum absolute atomic E-state index is 11.1. The Morgan fingerprint density at radius 2 is 2.20 bits per heavy atom. The van der Waals surface area contributed by atoms with Crippen molar-refractivity contribution in [3.8, 4) is 5.88 Å². The number of nitro groups is 1. The Bertz CT molecular complexity index is 479. The molecular formula is C14H21N3O3. The summed E-state index contributed by atoms with van der Waals surface area (Å²) in [4.78, 5) is 14.9. The molecule has 0 bridgehead atoms. The molecule has 1 aromatic rings. The van der Waals surface area contributed by atoms with Gasteiger partial charge in [0.25, 0.3) is 5.88 Å². The Labute approximate surface area is 118 Å². The fraction of sp³-hybridized carbons (Fsp3) is 0.643. The first-order valence-corrected chi connectivity index (χ1v) is 7.17. The second-order valence-electron chi connectivity index (χ2n) is 5.23. The third-order valence-electron chi connectivity index (χ3n) is 3.69. The summed E-state index contributed by atoms with van der Waals surface area (Å²) in [6, 6.07) is 3.06. The van der Waals surface area contributed by atoms with E-state index in [2.05, 4.69) is 17.2 Å². The lowest BCUT2D eigenvalue weighted by Gasteiger charge is -2.28. The van der Waals surface area contributed by atoms with E-state index in [1.165, 1.54) is 12.5 Å². The summed E-state index contributed by atoms with van der Waals surface area (Å²) in [6.45, 7) is 4.79. The van der Waals surface area contributed by atoms with Crippen LogP contribution in [0.2, 0.25) is 0 Å². The van der Waals surface area contributed by atoms with Gasteiger partial charge in [-0.25, -0.2) is 0 Å². The van der Waals surface area contributed by atoms with Gasteiger partial charge in [-0.3, -0.25) is 10.1 Å². The van der Waals surface area contributed by atoms with E-state index in [1.54, 1.807) is 6.07 Å². The molecule has 1 saturated carbocycles. The summed E-state index contributed by atoms with van der Waals surface area (Å²) >= 11 is 0. The molecule has 110 valence electrons. The van der Waals surface area contributed by atoms with E-state index in [0.717, 1.165) is 19.3 Å². The van der Waals surface area contributed by atoms with Crippen LogP contribution >= 0.6 is 0 Å². The predicted molar refractivity (Wildman–Crippen MR) is 77.1 cm³/mol. The Morgan fingerprint density at radius 3 is 2.85 bits per heavy atom. The minimum atomic E-state index is -0.439. The molecule has 0 radical (unpaired) electrons. The topological polar surface area (TPSA) is 77.3 Å². The van der Waals surface area contributed by atoms with Crippen LogP contribution in [0.3, 0.4) is 0 Å². The van der Waals surface area contributed by atoms with Crippen molar-refractivity contribution in [2.24, 2.45) is 5.92 Å². The zero-order valence-corrected chi connectivity index (χ0v) is 12.0. The highest BCUT2D eigenvalue weighted by Gasteiger charge is 2.27. The minimum absolute atomic E-state index is 0.0202. The lowest BCUT2D eigenvalue weighted by Crippen LogP contribution is -2.29. The number of hydrogen-bond acceptors (Lipinski definition) is 5. The number of nitrogens with one attached hydrogen (secondary N) is 1. The van der Waals surface area contributed by atoms with Crippen molar-refractivity contribution in [2.45, 2.75) is 45.6 Å². The maximum Gasteiger partial charge on any atom is 0.331 e. The van der Waals surface area contributed by atoms with Crippen LogP contribution in [0, 0.1) is 16.0 Å². The van der Waals surface area contributed by atoms with E-state index in [9.17, 15) is 10.1 Å². The van der Waals surface area contributed by atoms with E-state index >= 15 is 0 Å². The van der Waals surface area contributed by atoms with Gasteiger partial charge in [0.1, 0.15) is 11.9 Å². The maximum atomic E-state index is 11.1. The van der Waals surface area contributed by atoms with Gasteiger partial charge in [-0.2, -0.15) is 4.98 Å². The number of rotatable bonds is 5. The van der Waals surface area contributed by atoms with Crippen molar-refractivity contribution in [3.05, 3.63) is 22.2 Å². The first kappa shape index (κ1) is 14.6. The number of hydrogen-bond donors (Lipinski definition) is 1. The molecule has 1 fully saturated rings. The van der Waals surface area contributed by atoms with Gasteiger partial charge in [0, 0.05) is 12.6 Å². The van der Waals surface area contributed by atoms with Crippen molar-refractivity contribution < 1.29 is 9.66 Å². The molecular weight excluding hydrogens is 258 g/mol. The summed E-state index contributed by atoms with van der Waals surface area (Å²) in [5.41, 5.74) is -0.0653. The average molecular weight is 279 g/mol. The van der Waals surface area contributed by atoms with Gasteiger partial charge in [-0.15, -0.1) is 0 Å². The third kappa shape index (κ3) is 3.37. The van der Waals surface area contributed by atoms with Crippen molar-refractivity contribution in [1.82, 2.24) is 4.98 Å². The first-order chi connectivity index (χ1) is 9.61. The highest BCUT2D eigenvalue weighted by molar-refractivity contribution is 5.49. The van der Waals surface area contributed by atoms with Gasteiger partial charge in [0.15, 0.2) is 0 Å². The normalized spacial score (nSPS) is 22.3. The van der Waals surface area contributed by atoms with Crippen molar-refractivity contribution in [2.75, 3.05) is 11.9 Å². The van der Waals surface area contributed by atoms with Gasteiger partial charge < -0.3 is 10.1 Å². The molecule has 2 rings (SSSR count). The van der Waals surface area contributed by atoms with Crippen molar-refractivity contribution >= 4 is 11.5 Å². The summed E-state index contributed by atoms with van der Waals surface area (Å²) < 4.78 is 5.85. The molecule has 1 N–H and O–H groups in total. The van der Waals surface area contributed by atoms with E-state index in [0.29, 0.717) is 18.3 Å². The molecule has 6 heteroatoms. The Hall–Kier alpha value is -1.85. The van der Waals surface area contributed by atoms with Crippen molar-refractivity contribution in [1.29, 1.82) is 0 Å². The Morgan fingerprint density at radius 1 is 1.45 bits per heavy atom. The highest BCUT2D eigenvalue weighted by Crippen LogP contribution is 2.32. The zero-order chi connectivity index (χ0) is 14.5. The summed E-state index contributed by atoms with van der Waals surface area (Å²) in [6.07, 6.45) is 4.37. The van der Waals surface area contributed by atoms with Gasteiger partial charge in [0.2, 0.25) is 0 Å². The number of pyridine rings is 1. The molecule has 1 aliphatic carbocycles. The Kier molecular flexibility index (Phi) is 4.76. The van der Waals surface area contributed by atoms with Gasteiger partial charge in [0.05, 0.1) is 4.92 Å². The summed E-state index contributed by atoms with van der Waals surface area (Å²) in [5, 5.41) is 14.1. The third-order valence-corrected chi connectivity index (χ3v) is 3.69. The van der Waals surface area contributed by atoms with Crippen LogP contribution in [0.1, 0.15) is 39.5 Å². The second-order valence-corrected chi connectivity index (χ2v) is 5.23. The fourth-order valence-corrected chi connectivity index (χ4v) is 2.54. The van der Waals surface area contributed by atoms with E-state index in [1.807, 2.05) is 6.92 Å². The number of ether oxygens (including phenoxy) is 1. The Balaban J connectivity index is 2.22. The monoisotopic (exact) mass is 279 g/mol. The molecule has 1 aromatic heterocycles.